The van der Waals surface area contributed by atoms with Crippen LogP contribution in [0.15, 0.2) is 28.8 Å². The molecule has 0 aromatic carbocycles. The lowest BCUT2D eigenvalue weighted by Crippen LogP contribution is -2.03. The van der Waals surface area contributed by atoms with Crippen molar-refractivity contribution in [2.75, 3.05) is 0 Å². The first-order valence-electron chi connectivity index (χ1n) is 4.88. The van der Waals surface area contributed by atoms with Gasteiger partial charge in [0.1, 0.15) is 11.6 Å². The summed E-state index contributed by atoms with van der Waals surface area (Å²) in [6.07, 6.45) is 0.423. The van der Waals surface area contributed by atoms with E-state index in [0.717, 1.165) is 0 Å². The molecule has 6 nitrogen and oxygen atoms in total. The van der Waals surface area contributed by atoms with E-state index in [1.807, 2.05) is 0 Å². The molecule has 0 aliphatic heterocycles. The number of aliphatic hydroxyl groups is 1. The van der Waals surface area contributed by atoms with Gasteiger partial charge in [-0.2, -0.15) is 0 Å². The van der Waals surface area contributed by atoms with Crippen molar-refractivity contribution in [3.8, 4) is 0 Å². The quantitative estimate of drug-likeness (QED) is 0.827. The molecule has 2 N–H and O–H groups in total. The standard InChI is InChI=1S/C11H10N2O4/c1-6-12-5-4-7(13-6)10(14)8-2-3-9(17-8)11(15)16/h2-5,10,14H,1H3,(H,15,16). The monoisotopic (exact) mass is 234 g/mol. The Morgan fingerprint density at radius 3 is 2.76 bits per heavy atom. The van der Waals surface area contributed by atoms with Crippen LogP contribution in [-0.4, -0.2) is 26.2 Å². The van der Waals surface area contributed by atoms with E-state index in [0.29, 0.717) is 11.5 Å². The van der Waals surface area contributed by atoms with E-state index < -0.39 is 12.1 Å². The highest BCUT2D eigenvalue weighted by Gasteiger charge is 2.18. The number of carboxylic acids is 1. The van der Waals surface area contributed by atoms with Crippen molar-refractivity contribution in [3.05, 3.63) is 47.4 Å². The van der Waals surface area contributed by atoms with Gasteiger partial charge in [-0.15, -0.1) is 0 Å². The molecule has 2 aromatic rings. The molecule has 0 aliphatic rings. The third-order valence-corrected chi connectivity index (χ3v) is 2.18. The SMILES string of the molecule is Cc1nccc(C(O)c2ccc(C(=O)O)o2)n1. The molecule has 0 radical (unpaired) electrons. The third-order valence-electron chi connectivity index (χ3n) is 2.18. The number of hydrogen-bond donors (Lipinski definition) is 2. The van der Waals surface area contributed by atoms with Gasteiger partial charge >= 0.3 is 5.97 Å². The summed E-state index contributed by atoms with van der Waals surface area (Å²) >= 11 is 0. The largest absolute Gasteiger partial charge is 0.475 e. The fraction of sp³-hybridized carbons (Fsp3) is 0.182. The molecule has 0 aliphatic carbocycles. The number of nitrogens with zero attached hydrogens (tertiary/aromatic N) is 2. The van der Waals surface area contributed by atoms with Crippen LogP contribution in [0, 0.1) is 6.92 Å². The van der Waals surface area contributed by atoms with Crippen molar-refractivity contribution >= 4 is 5.97 Å². The van der Waals surface area contributed by atoms with Crippen LogP contribution in [0.5, 0.6) is 0 Å². The van der Waals surface area contributed by atoms with Crippen LogP contribution in [0.3, 0.4) is 0 Å². The lowest BCUT2D eigenvalue weighted by atomic mass is 10.2. The van der Waals surface area contributed by atoms with E-state index in [-0.39, 0.29) is 11.5 Å². The maximum Gasteiger partial charge on any atom is 0.371 e. The van der Waals surface area contributed by atoms with Gasteiger partial charge in [0.15, 0.2) is 6.10 Å². The number of hydrogen-bond acceptors (Lipinski definition) is 5. The summed E-state index contributed by atoms with van der Waals surface area (Å²) in [6.45, 7) is 1.70. The molecule has 6 heteroatoms. The van der Waals surface area contributed by atoms with Gasteiger partial charge in [0.05, 0.1) is 5.69 Å². The van der Waals surface area contributed by atoms with Crippen LogP contribution in [0.1, 0.15) is 33.9 Å². The highest BCUT2D eigenvalue weighted by Crippen LogP contribution is 2.22. The summed E-state index contributed by atoms with van der Waals surface area (Å²) in [7, 11) is 0. The average molecular weight is 234 g/mol. The molecule has 0 amide bonds. The van der Waals surface area contributed by atoms with Gasteiger partial charge < -0.3 is 14.6 Å². The minimum Gasteiger partial charge on any atom is -0.475 e. The zero-order valence-corrected chi connectivity index (χ0v) is 8.99. The summed E-state index contributed by atoms with van der Waals surface area (Å²) in [5.41, 5.74) is 0.365. The number of carbonyl (C=O) groups is 1. The minimum atomic E-state index is -1.18. The van der Waals surface area contributed by atoms with Gasteiger partial charge in [0.25, 0.3) is 0 Å². The Morgan fingerprint density at radius 2 is 2.18 bits per heavy atom. The first-order chi connectivity index (χ1) is 8.08. The second-order valence-electron chi connectivity index (χ2n) is 3.44. The van der Waals surface area contributed by atoms with Crippen molar-refractivity contribution in [2.24, 2.45) is 0 Å². The molecular weight excluding hydrogens is 224 g/mol. The Morgan fingerprint density at radius 1 is 1.41 bits per heavy atom. The number of aromatic carboxylic acids is 1. The normalized spacial score (nSPS) is 12.4. The molecule has 0 saturated carbocycles. The molecule has 0 saturated heterocycles. The van der Waals surface area contributed by atoms with Crippen molar-refractivity contribution in [2.45, 2.75) is 13.0 Å². The second kappa shape index (κ2) is 4.34. The maximum absolute atomic E-state index is 10.6. The van der Waals surface area contributed by atoms with Crippen LogP contribution in [0.4, 0.5) is 0 Å². The predicted octanol–water partition coefficient (Wildman–Crippen LogP) is 1.16. The van der Waals surface area contributed by atoms with E-state index in [1.165, 1.54) is 18.3 Å². The molecule has 1 unspecified atom stereocenters. The van der Waals surface area contributed by atoms with Crippen LogP contribution < -0.4 is 0 Å². The van der Waals surface area contributed by atoms with Gasteiger partial charge in [0.2, 0.25) is 5.76 Å². The van der Waals surface area contributed by atoms with Crippen LogP contribution in [0.25, 0.3) is 0 Å². The molecule has 2 rings (SSSR count). The highest BCUT2D eigenvalue weighted by molar-refractivity contribution is 5.84. The van der Waals surface area contributed by atoms with Crippen molar-refractivity contribution < 1.29 is 19.4 Å². The molecule has 88 valence electrons. The van der Waals surface area contributed by atoms with Crippen molar-refractivity contribution in [1.29, 1.82) is 0 Å². The number of furan rings is 1. The van der Waals surface area contributed by atoms with E-state index in [2.05, 4.69) is 9.97 Å². The Kier molecular flexibility index (Phi) is 2.88. The van der Waals surface area contributed by atoms with Crippen molar-refractivity contribution in [1.82, 2.24) is 9.97 Å². The summed E-state index contributed by atoms with van der Waals surface area (Å²) < 4.78 is 4.99. The first-order valence-corrected chi connectivity index (χ1v) is 4.88. The van der Waals surface area contributed by atoms with Crippen LogP contribution in [0.2, 0.25) is 0 Å². The number of aromatic nitrogens is 2. The molecule has 2 heterocycles. The molecule has 2 aromatic heterocycles. The summed E-state index contributed by atoms with van der Waals surface area (Å²) in [4.78, 5) is 18.6. The molecular formula is C11H10N2O4. The van der Waals surface area contributed by atoms with E-state index in [1.54, 1.807) is 13.0 Å². The number of carboxylic acid groups (broad SMARTS) is 1. The van der Waals surface area contributed by atoms with Gasteiger partial charge in [-0.3, -0.25) is 0 Å². The highest BCUT2D eigenvalue weighted by atomic mass is 16.4. The van der Waals surface area contributed by atoms with Crippen molar-refractivity contribution in [3.63, 3.8) is 0 Å². The molecule has 0 bridgehead atoms. The Bertz CT molecular complexity index is 550. The number of aliphatic hydroxyl groups excluding tert-OH is 1. The second-order valence-corrected chi connectivity index (χ2v) is 3.44. The van der Waals surface area contributed by atoms with Crippen LogP contribution in [-0.2, 0) is 0 Å². The maximum atomic E-state index is 10.6. The predicted molar refractivity (Wildman–Crippen MR) is 56.5 cm³/mol. The first kappa shape index (κ1) is 11.3. The smallest absolute Gasteiger partial charge is 0.371 e. The fourth-order valence-corrected chi connectivity index (χ4v) is 1.39. The Labute approximate surface area is 96.6 Å². The van der Waals surface area contributed by atoms with Gasteiger partial charge in [0, 0.05) is 6.20 Å². The Balaban J connectivity index is 2.30. The van der Waals surface area contributed by atoms with Crippen LogP contribution >= 0.6 is 0 Å². The number of aryl methyl sites for hydroxylation is 1. The zero-order valence-electron chi connectivity index (χ0n) is 8.99. The van der Waals surface area contributed by atoms with E-state index in [4.69, 9.17) is 9.52 Å². The Hall–Kier alpha value is -2.21. The molecule has 0 spiro atoms. The lowest BCUT2D eigenvalue weighted by Gasteiger charge is -2.06. The topological polar surface area (TPSA) is 96.5 Å². The molecule has 0 fully saturated rings. The summed E-state index contributed by atoms with van der Waals surface area (Å²) in [5, 5.41) is 18.6. The average Bonchev–Trinajstić information content (AvgIpc) is 2.77. The van der Waals surface area contributed by atoms with Gasteiger partial charge in [-0.1, -0.05) is 0 Å². The molecule has 1 atom stereocenters. The summed E-state index contributed by atoms with van der Waals surface area (Å²) in [5.74, 6) is -0.737. The number of rotatable bonds is 3. The van der Waals surface area contributed by atoms with Gasteiger partial charge in [-0.05, 0) is 25.1 Å². The molecule has 17 heavy (non-hydrogen) atoms. The van der Waals surface area contributed by atoms with E-state index >= 15 is 0 Å². The fourth-order valence-electron chi connectivity index (χ4n) is 1.39. The van der Waals surface area contributed by atoms with E-state index in [9.17, 15) is 9.90 Å². The lowest BCUT2D eigenvalue weighted by molar-refractivity contribution is 0.0654. The third kappa shape index (κ3) is 2.31. The van der Waals surface area contributed by atoms with Gasteiger partial charge in [-0.25, -0.2) is 14.8 Å². The summed E-state index contributed by atoms with van der Waals surface area (Å²) in [6, 6.07) is 4.24. The minimum absolute atomic E-state index is 0.139. The zero-order chi connectivity index (χ0) is 12.4.